The Morgan fingerprint density at radius 3 is 1.70 bits per heavy atom. The molecule has 0 atom stereocenters. The number of oxazole rings is 1. The molecule has 11 rings (SSSR count). The Labute approximate surface area is 325 Å². The molecule has 1 aliphatic carbocycles. The second kappa shape index (κ2) is 13.3. The highest BCUT2D eigenvalue weighted by molar-refractivity contribution is 6.10. The van der Waals surface area contributed by atoms with Gasteiger partial charge in [0.05, 0.1) is 11.0 Å². The van der Waals surface area contributed by atoms with E-state index in [1.807, 2.05) is 6.07 Å². The maximum atomic E-state index is 6.56. The first-order valence-corrected chi connectivity index (χ1v) is 19.3. The Balaban J connectivity index is 0.933. The van der Waals surface area contributed by atoms with E-state index in [-0.39, 0.29) is 0 Å². The first-order chi connectivity index (χ1) is 27.8. The van der Waals surface area contributed by atoms with Gasteiger partial charge in [-0.2, -0.15) is 0 Å². The maximum Gasteiger partial charge on any atom is 0.227 e. The van der Waals surface area contributed by atoms with Crippen molar-refractivity contribution in [2.45, 2.75) is 12.8 Å². The Bertz CT molecular complexity index is 3130. The summed E-state index contributed by atoms with van der Waals surface area (Å²) in [6, 6.07) is 64.9. The summed E-state index contributed by atoms with van der Waals surface area (Å²) in [6.45, 7) is 0. The summed E-state index contributed by atoms with van der Waals surface area (Å²) in [4.78, 5) is 4.95. The molecule has 0 saturated heterocycles. The Morgan fingerprint density at radius 1 is 0.411 bits per heavy atom. The van der Waals surface area contributed by atoms with E-state index < -0.39 is 0 Å². The number of nitrogens with zero attached hydrogens (tertiary/aromatic N) is 2. The van der Waals surface area contributed by atoms with Gasteiger partial charge in [-0.25, -0.2) is 4.98 Å². The second-order valence-electron chi connectivity index (χ2n) is 14.6. The van der Waals surface area contributed by atoms with E-state index in [1.54, 1.807) is 0 Å². The van der Waals surface area contributed by atoms with Crippen molar-refractivity contribution in [3.05, 3.63) is 200 Å². The number of benzene rings is 8. The van der Waals surface area contributed by atoms with Crippen LogP contribution in [0.3, 0.4) is 0 Å². The van der Waals surface area contributed by atoms with Crippen molar-refractivity contribution in [1.82, 2.24) is 9.55 Å². The summed E-state index contributed by atoms with van der Waals surface area (Å²) < 4.78 is 9.01. The third kappa shape index (κ3) is 5.32. The van der Waals surface area contributed by atoms with Crippen LogP contribution in [-0.2, 0) is 0 Å². The predicted octanol–water partition coefficient (Wildman–Crippen LogP) is 14.5. The maximum absolute atomic E-state index is 6.56. The molecule has 3 heteroatoms. The van der Waals surface area contributed by atoms with Crippen molar-refractivity contribution in [2.75, 3.05) is 0 Å². The topological polar surface area (TPSA) is 31.0 Å². The predicted molar refractivity (Wildman–Crippen MR) is 234 cm³/mol. The van der Waals surface area contributed by atoms with Crippen LogP contribution in [0.5, 0.6) is 0 Å². The number of hydrogen-bond acceptors (Lipinski definition) is 2. The zero-order chi connectivity index (χ0) is 37.0. The minimum Gasteiger partial charge on any atom is -0.435 e. The first-order valence-electron chi connectivity index (χ1n) is 19.3. The van der Waals surface area contributed by atoms with E-state index in [9.17, 15) is 0 Å². The van der Waals surface area contributed by atoms with Crippen LogP contribution in [0.4, 0.5) is 0 Å². The third-order valence-corrected chi connectivity index (χ3v) is 11.4. The highest BCUT2D eigenvalue weighted by atomic mass is 16.3. The molecule has 0 radical (unpaired) electrons. The van der Waals surface area contributed by atoms with Gasteiger partial charge in [-0.1, -0.05) is 158 Å². The third-order valence-electron chi connectivity index (χ3n) is 11.4. The average molecular weight is 717 g/mol. The molecule has 0 fully saturated rings. The van der Waals surface area contributed by atoms with Gasteiger partial charge in [-0.15, -0.1) is 0 Å². The van der Waals surface area contributed by atoms with Gasteiger partial charge in [-0.3, -0.25) is 0 Å². The van der Waals surface area contributed by atoms with E-state index in [0.717, 1.165) is 46.2 Å². The molecule has 56 heavy (non-hydrogen) atoms. The van der Waals surface area contributed by atoms with Crippen LogP contribution in [0, 0.1) is 0 Å². The molecule has 10 aromatic rings. The highest BCUT2D eigenvalue weighted by Gasteiger charge is 2.20. The molecule has 1 aliphatic rings. The lowest BCUT2D eigenvalue weighted by molar-refractivity contribution is 0.621. The minimum atomic E-state index is 0.621. The van der Waals surface area contributed by atoms with Crippen LogP contribution >= 0.6 is 0 Å². The number of para-hydroxylation sites is 3. The molecule has 2 aromatic heterocycles. The minimum absolute atomic E-state index is 0.621. The summed E-state index contributed by atoms with van der Waals surface area (Å²) >= 11 is 0. The van der Waals surface area contributed by atoms with Gasteiger partial charge in [-0.05, 0) is 99.0 Å². The molecule has 2 heterocycles. The van der Waals surface area contributed by atoms with Crippen LogP contribution in [0.2, 0.25) is 0 Å². The summed E-state index contributed by atoms with van der Waals surface area (Å²) in [7, 11) is 0. The van der Waals surface area contributed by atoms with E-state index in [2.05, 4.69) is 193 Å². The molecule has 0 saturated carbocycles. The van der Waals surface area contributed by atoms with Crippen molar-refractivity contribution in [3.8, 4) is 44.8 Å². The summed E-state index contributed by atoms with van der Waals surface area (Å²) in [5.41, 5.74) is 16.1. The Morgan fingerprint density at radius 2 is 0.964 bits per heavy atom. The van der Waals surface area contributed by atoms with Crippen LogP contribution in [0.25, 0.3) is 99.8 Å². The van der Waals surface area contributed by atoms with Crippen molar-refractivity contribution in [2.24, 2.45) is 0 Å². The molecule has 8 aromatic carbocycles. The second-order valence-corrected chi connectivity index (χ2v) is 14.6. The molecular formula is C53H36N2O. The van der Waals surface area contributed by atoms with Crippen molar-refractivity contribution >= 4 is 54.9 Å². The van der Waals surface area contributed by atoms with Crippen LogP contribution < -0.4 is 0 Å². The van der Waals surface area contributed by atoms with Gasteiger partial charge < -0.3 is 8.98 Å². The van der Waals surface area contributed by atoms with Crippen LogP contribution in [-0.4, -0.2) is 9.55 Å². The Kier molecular flexibility index (Phi) is 7.63. The molecular weight excluding hydrogens is 681 g/mol. The van der Waals surface area contributed by atoms with Gasteiger partial charge >= 0.3 is 0 Å². The molecule has 0 bridgehead atoms. The fourth-order valence-electron chi connectivity index (χ4n) is 8.77. The molecule has 0 N–H and O–H groups in total. The van der Waals surface area contributed by atoms with Gasteiger partial charge in [0.2, 0.25) is 5.89 Å². The summed E-state index contributed by atoms with van der Waals surface area (Å²) in [6.07, 6.45) is 6.60. The van der Waals surface area contributed by atoms with E-state index >= 15 is 0 Å². The molecule has 3 nitrogen and oxygen atoms in total. The molecule has 0 spiro atoms. The van der Waals surface area contributed by atoms with Crippen LogP contribution in [0.15, 0.2) is 199 Å². The quantitative estimate of drug-likeness (QED) is 0.172. The summed E-state index contributed by atoms with van der Waals surface area (Å²) in [5, 5.41) is 5.00. The van der Waals surface area contributed by atoms with E-state index in [4.69, 9.17) is 9.40 Å². The van der Waals surface area contributed by atoms with Gasteiger partial charge in [0.25, 0.3) is 0 Å². The standard InChI is InChI=1S/C53H36N2O/c1-2-15-40-35(13-1)14-11-22-45(40)48-23-12-24-49-52(48)56-53(54-49)38-29-27-36(28-30-38)41-16-3-5-18-43(41)44-19-6-4-17-42(44)37-31-33-39(34-32-37)55-50-25-9-7-20-46(50)47-21-8-10-26-51(47)55/h1-31,33H,32,34H2. The van der Waals surface area contributed by atoms with E-state index in [0.29, 0.717) is 5.89 Å². The van der Waals surface area contributed by atoms with Gasteiger partial charge in [0, 0.05) is 27.6 Å². The number of hydrogen-bond donors (Lipinski definition) is 0. The molecule has 0 amide bonds. The zero-order valence-corrected chi connectivity index (χ0v) is 30.7. The molecule has 0 unspecified atom stereocenters. The number of rotatable bonds is 6. The molecule has 0 aliphatic heterocycles. The van der Waals surface area contributed by atoms with Crippen LogP contribution in [0.1, 0.15) is 18.4 Å². The van der Waals surface area contributed by atoms with Crippen molar-refractivity contribution < 1.29 is 4.42 Å². The fraction of sp³-hybridized carbons (Fsp3) is 0.0377. The normalized spacial score (nSPS) is 13.1. The fourth-order valence-corrected chi connectivity index (χ4v) is 8.77. The highest BCUT2D eigenvalue weighted by Crippen LogP contribution is 2.42. The van der Waals surface area contributed by atoms with Crippen molar-refractivity contribution in [1.29, 1.82) is 0 Å². The lowest BCUT2D eigenvalue weighted by Gasteiger charge is -2.21. The van der Waals surface area contributed by atoms with Crippen molar-refractivity contribution in [3.63, 3.8) is 0 Å². The lowest BCUT2D eigenvalue weighted by atomic mass is 9.86. The Hall–Kier alpha value is -7.23. The number of fused-ring (bicyclic) bond motifs is 5. The monoisotopic (exact) mass is 716 g/mol. The van der Waals surface area contributed by atoms with E-state index in [1.165, 1.54) is 66.1 Å². The first kappa shape index (κ1) is 32.2. The number of aromatic nitrogens is 2. The average Bonchev–Trinajstić information content (AvgIpc) is 3.87. The smallest absolute Gasteiger partial charge is 0.227 e. The summed E-state index contributed by atoms with van der Waals surface area (Å²) in [5.74, 6) is 0.621. The van der Waals surface area contributed by atoms with Gasteiger partial charge in [0.15, 0.2) is 5.58 Å². The zero-order valence-electron chi connectivity index (χ0n) is 30.7. The van der Waals surface area contributed by atoms with Gasteiger partial charge in [0.1, 0.15) is 5.52 Å². The lowest BCUT2D eigenvalue weighted by Crippen LogP contribution is -2.02. The number of allylic oxidation sites excluding steroid dienone is 4. The largest absolute Gasteiger partial charge is 0.435 e. The SMILES string of the molecule is C1=C(c2ccccc2-c2ccccc2-c2ccc(-c3nc4cccc(-c5cccc6ccccc56)c4o3)cc2)CCC(n2c3ccccc3c3ccccc32)=C1. The molecule has 264 valence electrons.